The maximum Gasteiger partial charge on any atom is 1.00 e. The molecule has 0 saturated heterocycles. The Bertz CT molecular complexity index is 39.2. The molecule has 0 fully saturated rings. The van der Waals surface area contributed by atoms with E-state index in [0.29, 0.717) is 0 Å². The van der Waals surface area contributed by atoms with Gasteiger partial charge >= 0.3 is 59.1 Å². The number of hydrogen-bond donors (Lipinski definition) is 0. The molecule has 1 nitrogen and oxygen atoms in total. The Hall–Kier alpha value is 2.47. The number of halogens is 1. The Morgan fingerprint density at radius 1 is 1.29 bits per heavy atom. The third kappa shape index (κ3) is 58.2. The molecule has 6 heteroatoms. The molecule has 0 saturated carbocycles. The second-order valence-corrected chi connectivity index (χ2v) is 0. The molecule has 0 aromatic carbocycles. The van der Waals surface area contributed by atoms with Crippen molar-refractivity contribution in [2.24, 2.45) is 0 Å². The van der Waals surface area contributed by atoms with E-state index in [4.69, 9.17) is 5.26 Å². The van der Waals surface area contributed by atoms with Gasteiger partial charge in [-0.1, -0.05) is 0 Å². The van der Waals surface area contributed by atoms with Crippen LogP contribution in [-0.4, -0.2) is 7.85 Å². The van der Waals surface area contributed by atoms with Crippen molar-refractivity contribution in [1.29, 1.82) is 5.26 Å². The third-order valence-electron chi connectivity index (χ3n) is 0. The summed E-state index contributed by atoms with van der Waals surface area (Å²) < 4.78 is 0. The molecule has 26 valence electrons. The van der Waals surface area contributed by atoms with Gasteiger partial charge in [-0.15, -0.1) is 0 Å². The van der Waals surface area contributed by atoms with Crippen molar-refractivity contribution in [3.05, 3.63) is 0 Å². The van der Waals surface area contributed by atoms with Gasteiger partial charge in [0.15, 0.2) is 0 Å². The van der Waals surface area contributed by atoms with Crippen LogP contribution in [-0.2, 0) is 19.5 Å². The topological polar surface area (TPSA) is 23.8 Å². The average Bonchev–Trinajstić information content (AvgIpc) is 0.918. The van der Waals surface area contributed by atoms with Crippen LogP contribution in [0.2, 0.25) is 0 Å². The first-order valence-corrected chi connectivity index (χ1v) is 0.224. The van der Waals surface area contributed by atoms with Crippen LogP contribution >= 0.6 is 0 Å². The van der Waals surface area contributed by atoms with Crippen LogP contribution in [0.5, 0.6) is 0 Å². The molecule has 0 bridgehead atoms. The average molecular weight is 187 g/mol. The van der Waals surface area contributed by atoms with Crippen molar-refractivity contribution in [3.8, 4) is 5.97 Å². The maximum absolute atomic E-state index is 7.43. The van der Waals surface area contributed by atoms with Crippen LogP contribution in [0.1, 0.15) is 0 Å². The molecule has 0 spiro atoms. The van der Waals surface area contributed by atoms with Gasteiger partial charge in [0, 0.05) is 19.5 Å². The first kappa shape index (κ1) is 34.0. The standard InChI is InChI=1S/CH3BN.ClH.2Na.Zn/c2-1-3;;;;/h2H3;1H;;;/q-1;;2*+1;/p-1. The Morgan fingerprint density at radius 2 is 1.29 bits per heavy atom. The van der Waals surface area contributed by atoms with Crippen molar-refractivity contribution in [1.82, 2.24) is 0 Å². The van der Waals surface area contributed by atoms with E-state index in [1.54, 1.807) is 0 Å². The molecule has 0 rings (SSSR count). The molecule has 0 radical (unpaired) electrons. The summed E-state index contributed by atoms with van der Waals surface area (Å²) in [6.07, 6.45) is 0. The van der Waals surface area contributed by atoms with Crippen molar-refractivity contribution in [2.45, 2.75) is 0 Å². The van der Waals surface area contributed by atoms with E-state index < -0.39 is 0 Å². The van der Waals surface area contributed by atoms with Gasteiger partial charge in [-0.25, -0.2) is 0 Å². The predicted octanol–water partition coefficient (Wildman–Crippen LogP) is -10.2. The smallest absolute Gasteiger partial charge is 1.00 e. The summed E-state index contributed by atoms with van der Waals surface area (Å²) in [5, 5.41) is 7.43. The zero-order valence-electron chi connectivity index (χ0n) is 4.03. The number of hydrogen-bond acceptors (Lipinski definition) is 1. The maximum atomic E-state index is 7.43. The Kier molecular flexibility index (Phi) is 191. The third-order valence-corrected chi connectivity index (χ3v) is 0. The molecular formula is CH3BClNNa2Zn. The fourth-order valence-electron chi connectivity index (χ4n) is 0. The number of nitrogens with zero attached hydrogens (tertiary/aromatic N) is 1. The van der Waals surface area contributed by atoms with E-state index in [0.717, 1.165) is 0 Å². The second kappa shape index (κ2) is 39.3. The Balaban J connectivity index is -0.00000000333. The van der Waals surface area contributed by atoms with Crippen molar-refractivity contribution in [2.75, 3.05) is 0 Å². The van der Waals surface area contributed by atoms with Crippen LogP contribution in [0.15, 0.2) is 0 Å². The van der Waals surface area contributed by atoms with Crippen LogP contribution in [0.25, 0.3) is 0 Å². The van der Waals surface area contributed by atoms with E-state index >= 15 is 0 Å². The summed E-state index contributed by atoms with van der Waals surface area (Å²) in [7, 11) is 0.0694. The first-order chi connectivity index (χ1) is 1.41. The fraction of sp³-hybridized carbons (Fsp3) is 0. The first-order valence-electron chi connectivity index (χ1n) is 0.224. The van der Waals surface area contributed by atoms with Crippen molar-refractivity contribution < 1.29 is 91.0 Å². The van der Waals surface area contributed by atoms with Gasteiger partial charge in [-0.3, -0.25) is 5.26 Å². The molecule has 0 aromatic rings. The minimum absolute atomic E-state index is 0. The molecule has 0 atom stereocenters. The predicted molar refractivity (Wildman–Crippen MR) is 15.6 cm³/mol. The van der Waals surface area contributed by atoms with Crippen LogP contribution < -0.4 is 71.5 Å². The Labute approximate surface area is 108 Å². The summed E-state index contributed by atoms with van der Waals surface area (Å²) in [6, 6.07) is 0. The minimum atomic E-state index is 0. The molecule has 0 unspecified atom stereocenters. The summed E-state index contributed by atoms with van der Waals surface area (Å²) in [6.45, 7) is 0. The fourth-order valence-corrected chi connectivity index (χ4v) is 0. The molecule has 0 N–H and O–H groups in total. The largest absolute Gasteiger partial charge is 1.00 e. The summed E-state index contributed by atoms with van der Waals surface area (Å²) in [4.78, 5) is 0. The van der Waals surface area contributed by atoms with Gasteiger partial charge in [-0.05, 0) is 0 Å². The molecule has 7 heavy (non-hydrogen) atoms. The van der Waals surface area contributed by atoms with E-state index in [-0.39, 0.29) is 98.8 Å². The van der Waals surface area contributed by atoms with Gasteiger partial charge in [0.2, 0.25) is 0 Å². The molecule has 0 aromatic heterocycles. The minimum Gasteiger partial charge on any atom is -1.00 e. The molecule has 0 amide bonds. The van der Waals surface area contributed by atoms with E-state index in [1.807, 2.05) is 5.97 Å². The van der Waals surface area contributed by atoms with E-state index in [1.165, 1.54) is 0 Å². The normalized spacial score (nSPS) is 1.14. The molecular weight excluding hydrogens is 184 g/mol. The van der Waals surface area contributed by atoms with E-state index in [2.05, 4.69) is 0 Å². The van der Waals surface area contributed by atoms with Crippen LogP contribution in [0.3, 0.4) is 0 Å². The molecule has 0 aliphatic heterocycles. The molecule has 0 aliphatic rings. The van der Waals surface area contributed by atoms with Crippen LogP contribution in [0, 0.1) is 11.2 Å². The quantitative estimate of drug-likeness (QED) is 0.345. The molecule has 0 heterocycles. The summed E-state index contributed by atoms with van der Waals surface area (Å²) >= 11 is 0. The monoisotopic (exact) mass is 185 g/mol. The van der Waals surface area contributed by atoms with E-state index in [9.17, 15) is 0 Å². The van der Waals surface area contributed by atoms with Gasteiger partial charge in [0.1, 0.15) is 0 Å². The van der Waals surface area contributed by atoms with Crippen molar-refractivity contribution >= 4 is 7.85 Å². The zero-order valence-corrected chi connectivity index (χ0v) is 11.8. The summed E-state index contributed by atoms with van der Waals surface area (Å²) in [5.41, 5.74) is 0. The summed E-state index contributed by atoms with van der Waals surface area (Å²) in [5.74, 6) is 2.00. The van der Waals surface area contributed by atoms with Gasteiger partial charge in [0.05, 0.1) is 7.85 Å². The van der Waals surface area contributed by atoms with Gasteiger partial charge in [-0.2, -0.15) is 5.97 Å². The zero-order chi connectivity index (χ0) is 2.71. The second-order valence-electron chi connectivity index (χ2n) is 0. The number of nitriles is 1. The Morgan fingerprint density at radius 3 is 1.29 bits per heavy atom. The SMILES string of the molecule is [BH3-]C#N.[Cl-].[Na+].[Na+].[Zn]. The van der Waals surface area contributed by atoms with Crippen LogP contribution in [0.4, 0.5) is 0 Å². The van der Waals surface area contributed by atoms with Gasteiger partial charge in [0.25, 0.3) is 0 Å². The van der Waals surface area contributed by atoms with Crippen molar-refractivity contribution in [3.63, 3.8) is 0 Å². The number of rotatable bonds is 0. The molecule has 0 aliphatic carbocycles. The van der Waals surface area contributed by atoms with Gasteiger partial charge < -0.3 is 12.4 Å².